The first-order valence-electron chi connectivity index (χ1n) is 6.32. The predicted molar refractivity (Wildman–Crippen MR) is 83.5 cm³/mol. The van der Waals surface area contributed by atoms with Gasteiger partial charge in [0.25, 0.3) is 0 Å². The minimum atomic E-state index is -0.332. The van der Waals surface area contributed by atoms with Crippen molar-refractivity contribution >= 4 is 15.2 Å². The lowest BCUT2D eigenvalue weighted by Gasteiger charge is -2.15. The standard InChI is InChI=1S/C13H20NO3P.CH4O/c1-14(8-10-18)7-9-17-12-5-3-11(4-6-12)13(15)16-2;1-2/h3-6H,7-10,18H2,1-2H3;2H,1H3. The molecule has 0 bridgehead atoms. The number of benzene rings is 1. The number of likely N-dealkylation sites (N-methyl/N-ethyl adjacent to an activating group) is 1. The minimum absolute atomic E-state index is 0.332. The number of aliphatic hydroxyl groups is 1. The van der Waals surface area contributed by atoms with Crippen LogP contribution >= 0.6 is 9.24 Å². The number of carbonyl (C=O) groups excluding carboxylic acids is 1. The van der Waals surface area contributed by atoms with Gasteiger partial charge in [-0.3, -0.25) is 0 Å². The van der Waals surface area contributed by atoms with E-state index in [0.29, 0.717) is 12.2 Å². The fraction of sp³-hybridized carbons (Fsp3) is 0.500. The summed E-state index contributed by atoms with van der Waals surface area (Å²) in [5, 5.41) is 7.00. The van der Waals surface area contributed by atoms with Crippen LogP contribution in [0.5, 0.6) is 5.75 Å². The zero-order valence-corrected chi connectivity index (χ0v) is 13.5. The molecule has 1 unspecified atom stereocenters. The topological polar surface area (TPSA) is 59.0 Å². The summed E-state index contributed by atoms with van der Waals surface area (Å²) in [5.74, 6) is 0.434. The van der Waals surface area contributed by atoms with E-state index < -0.39 is 0 Å². The highest BCUT2D eigenvalue weighted by atomic mass is 31.0. The molecular weight excluding hydrogens is 277 g/mol. The Bertz CT molecular complexity index is 370. The van der Waals surface area contributed by atoms with Crippen molar-refractivity contribution in [1.29, 1.82) is 0 Å². The Balaban J connectivity index is 0.00000172. The minimum Gasteiger partial charge on any atom is -0.492 e. The summed E-state index contributed by atoms with van der Waals surface area (Å²) in [4.78, 5) is 13.4. The molecule has 20 heavy (non-hydrogen) atoms. The Hall–Kier alpha value is -1.16. The summed E-state index contributed by atoms with van der Waals surface area (Å²) in [5.41, 5.74) is 0.532. The third kappa shape index (κ3) is 7.43. The molecule has 0 fully saturated rings. The molecule has 0 saturated carbocycles. The number of hydrogen-bond donors (Lipinski definition) is 1. The molecule has 0 spiro atoms. The van der Waals surface area contributed by atoms with Crippen LogP contribution in [-0.4, -0.2) is 63.1 Å². The van der Waals surface area contributed by atoms with Crippen LogP contribution in [0.2, 0.25) is 0 Å². The number of carbonyl (C=O) groups is 1. The molecule has 1 rings (SSSR count). The van der Waals surface area contributed by atoms with Crippen molar-refractivity contribution in [3.63, 3.8) is 0 Å². The van der Waals surface area contributed by atoms with E-state index in [-0.39, 0.29) is 5.97 Å². The highest BCUT2D eigenvalue weighted by molar-refractivity contribution is 7.16. The van der Waals surface area contributed by atoms with Gasteiger partial charge in [0.1, 0.15) is 12.4 Å². The van der Waals surface area contributed by atoms with Crippen LogP contribution in [0, 0.1) is 0 Å². The van der Waals surface area contributed by atoms with Crippen molar-refractivity contribution in [3.05, 3.63) is 29.8 Å². The highest BCUT2D eigenvalue weighted by Crippen LogP contribution is 2.12. The van der Waals surface area contributed by atoms with Crippen LogP contribution in [0.25, 0.3) is 0 Å². The zero-order valence-electron chi connectivity index (χ0n) is 12.3. The maximum atomic E-state index is 11.2. The number of hydrogen-bond acceptors (Lipinski definition) is 5. The van der Waals surface area contributed by atoms with Crippen molar-refractivity contribution in [3.8, 4) is 5.75 Å². The van der Waals surface area contributed by atoms with Crippen molar-refractivity contribution in [2.24, 2.45) is 0 Å². The number of nitrogens with zero attached hydrogens (tertiary/aromatic N) is 1. The van der Waals surface area contributed by atoms with Gasteiger partial charge in [0, 0.05) is 20.2 Å². The van der Waals surface area contributed by atoms with E-state index in [1.54, 1.807) is 24.3 Å². The monoisotopic (exact) mass is 301 g/mol. The first kappa shape index (κ1) is 18.8. The van der Waals surface area contributed by atoms with E-state index in [4.69, 9.17) is 9.84 Å². The van der Waals surface area contributed by atoms with Crippen LogP contribution in [0.1, 0.15) is 10.4 Å². The van der Waals surface area contributed by atoms with Crippen molar-refractivity contribution < 1.29 is 19.4 Å². The molecule has 6 heteroatoms. The molecule has 1 aromatic rings. The molecular formula is C14H24NO4P. The van der Waals surface area contributed by atoms with E-state index >= 15 is 0 Å². The van der Waals surface area contributed by atoms with Crippen LogP contribution in [0.4, 0.5) is 0 Å². The van der Waals surface area contributed by atoms with Gasteiger partial charge in [0.15, 0.2) is 0 Å². The molecule has 114 valence electrons. The lowest BCUT2D eigenvalue weighted by molar-refractivity contribution is 0.0600. The van der Waals surface area contributed by atoms with Gasteiger partial charge in [-0.1, -0.05) is 0 Å². The SMILES string of the molecule is CO.COC(=O)c1ccc(OCCN(C)CCP)cc1. The van der Waals surface area contributed by atoms with Gasteiger partial charge in [0.2, 0.25) is 0 Å². The van der Waals surface area contributed by atoms with Crippen LogP contribution in [0.3, 0.4) is 0 Å². The van der Waals surface area contributed by atoms with Gasteiger partial charge in [-0.05, 0) is 37.5 Å². The smallest absolute Gasteiger partial charge is 0.337 e. The maximum Gasteiger partial charge on any atom is 0.337 e. The fourth-order valence-electron chi connectivity index (χ4n) is 1.46. The molecule has 0 aromatic heterocycles. The lowest BCUT2D eigenvalue weighted by atomic mass is 10.2. The van der Waals surface area contributed by atoms with E-state index in [9.17, 15) is 4.79 Å². The summed E-state index contributed by atoms with van der Waals surface area (Å²) >= 11 is 0. The molecule has 1 aromatic carbocycles. The molecule has 0 radical (unpaired) electrons. The normalized spacial score (nSPS) is 9.70. The van der Waals surface area contributed by atoms with E-state index in [1.165, 1.54) is 7.11 Å². The second kappa shape index (κ2) is 11.6. The van der Waals surface area contributed by atoms with E-state index in [1.807, 2.05) is 0 Å². The van der Waals surface area contributed by atoms with Crippen molar-refractivity contribution in [1.82, 2.24) is 4.90 Å². The quantitative estimate of drug-likeness (QED) is 0.607. The van der Waals surface area contributed by atoms with Crippen LogP contribution in [-0.2, 0) is 4.74 Å². The largest absolute Gasteiger partial charge is 0.492 e. The Labute approximate surface area is 123 Å². The van der Waals surface area contributed by atoms with Gasteiger partial charge in [0.05, 0.1) is 12.7 Å². The number of rotatable bonds is 7. The predicted octanol–water partition coefficient (Wildman–Crippen LogP) is 1.27. The van der Waals surface area contributed by atoms with Gasteiger partial charge in [-0.15, -0.1) is 9.24 Å². The molecule has 0 amide bonds. The van der Waals surface area contributed by atoms with Crippen molar-refractivity contribution in [2.75, 3.05) is 47.1 Å². The Morgan fingerprint density at radius 3 is 2.35 bits per heavy atom. The summed E-state index contributed by atoms with van der Waals surface area (Å²) < 4.78 is 10.2. The van der Waals surface area contributed by atoms with E-state index in [0.717, 1.165) is 32.1 Å². The molecule has 5 nitrogen and oxygen atoms in total. The average molecular weight is 301 g/mol. The molecule has 1 N–H and O–H groups in total. The van der Waals surface area contributed by atoms with Crippen LogP contribution in [0.15, 0.2) is 24.3 Å². The fourth-order valence-corrected chi connectivity index (χ4v) is 1.90. The summed E-state index contributed by atoms with van der Waals surface area (Å²) in [7, 11) is 7.14. The summed E-state index contributed by atoms with van der Waals surface area (Å²) in [6, 6.07) is 6.96. The highest BCUT2D eigenvalue weighted by Gasteiger charge is 2.04. The molecule has 1 atom stereocenters. The summed E-state index contributed by atoms with van der Waals surface area (Å²) in [6.45, 7) is 2.56. The zero-order chi connectivity index (χ0) is 15.4. The molecule has 0 saturated heterocycles. The molecule has 0 heterocycles. The Morgan fingerprint density at radius 1 is 1.25 bits per heavy atom. The first-order valence-corrected chi connectivity index (χ1v) is 7.13. The number of esters is 1. The van der Waals surface area contributed by atoms with E-state index in [2.05, 4.69) is 25.9 Å². The number of aliphatic hydroxyl groups excluding tert-OH is 1. The first-order chi connectivity index (χ1) is 9.67. The second-order valence-electron chi connectivity index (χ2n) is 3.96. The van der Waals surface area contributed by atoms with Crippen molar-refractivity contribution in [2.45, 2.75) is 0 Å². The number of ether oxygens (including phenoxy) is 2. The average Bonchev–Trinajstić information content (AvgIpc) is 2.49. The Kier molecular flexibility index (Phi) is 11.0. The molecule has 0 aliphatic carbocycles. The Morgan fingerprint density at radius 2 is 1.85 bits per heavy atom. The van der Waals surface area contributed by atoms with Gasteiger partial charge < -0.3 is 19.5 Å². The number of methoxy groups -OCH3 is 1. The van der Waals surface area contributed by atoms with Gasteiger partial charge in [-0.2, -0.15) is 0 Å². The van der Waals surface area contributed by atoms with Crippen LogP contribution < -0.4 is 4.74 Å². The lowest BCUT2D eigenvalue weighted by Crippen LogP contribution is -2.25. The van der Waals surface area contributed by atoms with Gasteiger partial charge >= 0.3 is 5.97 Å². The maximum absolute atomic E-state index is 11.2. The third-order valence-electron chi connectivity index (χ3n) is 2.53. The summed E-state index contributed by atoms with van der Waals surface area (Å²) in [6.07, 6.45) is 1.06. The molecule has 0 aliphatic heterocycles. The third-order valence-corrected chi connectivity index (χ3v) is 2.79. The molecule has 0 aliphatic rings. The van der Waals surface area contributed by atoms with Gasteiger partial charge in [-0.25, -0.2) is 4.79 Å². The second-order valence-corrected chi connectivity index (χ2v) is 4.53.